The van der Waals surface area contributed by atoms with Crippen molar-refractivity contribution in [2.75, 3.05) is 7.11 Å². The molecule has 0 amide bonds. The third-order valence-corrected chi connectivity index (χ3v) is 3.04. The normalized spacial score (nSPS) is 10.3. The highest BCUT2D eigenvalue weighted by atomic mass is 16.5. The summed E-state index contributed by atoms with van der Waals surface area (Å²) in [6, 6.07) is 11.3. The van der Waals surface area contributed by atoms with E-state index in [1.807, 2.05) is 25.1 Å². The van der Waals surface area contributed by atoms with Gasteiger partial charge in [-0.15, -0.1) is 0 Å². The minimum absolute atomic E-state index is 0.266. The summed E-state index contributed by atoms with van der Waals surface area (Å²) in [5.41, 5.74) is 4.30. The van der Waals surface area contributed by atoms with Crippen LogP contribution in [0, 0.1) is 13.8 Å². The molecule has 0 heterocycles. The molecule has 0 aliphatic carbocycles. The summed E-state index contributed by atoms with van der Waals surface area (Å²) in [6.07, 6.45) is 0. The predicted molar refractivity (Wildman–Crippen MR) is 69.6 cm³/mol. The lowest BCUT2D eigenvalue weighted by molar-refractivity contribution is 0.413. The minimum atomic E-state index is 0.266. The molecule has 2 heteroatoms. The first kappa shape index (κ1) is 11.5. The number of hydrogen-bond donors (Lipinski definition) is 1. The first-order valence-corrected chi connectivity index (χ1v) is 5.57. The SMILES string of the molecule is COc1c(-c2cccc(O)c2)ccc(C)c1C. The van der Waals surface area contributed by atoms with Crippen LogP contribution in [0.2, 0.25) is 0 Å². The average Bonchev–Trinajstić information content (AvgIpc) is 2.32. The van der Waals surface area contributed by atoms with Crippen LogP contribution in [0.1, 0.15) is 11.1 Å². The zero-order chi connectivity index (χ0) is 12.4. The molecule has 0 saturated carbocycles. The molecule has 0 fully saturated rings. The standard InChI is InChI=1S/C15H16O2/c1-10-7-8-14(15(17-3)11(10)2)12-5-4-6-13(16)9-12/h4-9,16H,1-3H3. The Morgan fingerprint density at radius 2 is 1.82 bits per heavy atom. The maximum atomic E-state index is 9.52. The van der Waals surface area contributed by atoms with Gasteiger partial charge in [-0.25, -0.2) is 0 Å². The Balaban J connectivity index is 2.63. The fourth-order valence-corrected chi connectivity index (χ4v) is 1.95. The predicted octanol–water partition coefficient (Wildman–Crippen LogP) is 3.68. The zero-order valence-electron chi connectivity index (χ0n) is 10.3. The lowest BCUT2D eigenvalue weighted by atomic mass is 9.98. The first-order valence-electron chi connectivity index (χ1n) is 5.57. The second-order valence-electron chi connectivity index (χ2n) is 4.14. The van der Waals surface area contributed by atoms with Crippen molar-refractivity contribution in [1.29, 1.82) is 0 Å². The van der Waals surface area contributed by atoms with E-state index in [0.29, 0.717) is 0 Å². The molecule has 0 atom stereocenters. The largest absolute Gasteiger partial charge is 0.508 e. The summed E-state index contributed by atoms with van der Waals surface area (Å²) >= 11 is 0. The van der Waals surface area contributed by atoms with Gasteiger partial charge in [0.15, 0.2) is 0 Å². The molecule has 2 aromatic carbocycles. The van der Waals surface area contributed by atoms with Crippen LogP contribution in [-0.4, -0.2) is 12.2 Å². The smallest absolute Gasteiger partial charge is 0.129 e. The van der Waals surface area contributed by atoms with Gasteiger partial charge in [0.2, 0.25) is 0 Å². The maximum absolute atomic E-state index is 9.52. The van der Waals surface area contributed by atoms with Gasteiger partial charge >= 0.3 is 0 Å². The van der Waals surface area contributed by atoms with Crippen molar-refractivity contribution in [3.05, 3.63) is 47.5 Å². The highest BCUT2D eigenvalue weighted by Crippen LogP contribution is 2.35. The van der Waals surface area contributed by atoms with Gasteiger partial charge in [-0.05, 0) is 42.7 Å². The van der Waals surface area contributed by atoms with Gasteiger partial charge in [0.1, 0.15) is 11.5 Å². The fourth-order valence-electron chi connectivity index (χ4n) is 1.95. The molecule has 0 saturated heterocycles. The number of benzene rings is 2. The number of methoxy groups -OCH3 is 1. The molecule has 0 aromatic heterocycles. The molecule has 0 aliphatic heterocycles. The molecule has 2 rings (SSSR count). The Morgan fingerprint density at radius 3 is 2.47 bits per heavy atom. The van der Waals surface area contributed by atoms with Gasteiger partial charge in [0.05, 0.1) is 7.11 Å². The molecule has 17 heavy (non-hydrogen) atoms. The number of rotatable bonds is 2. The van der Waals surface area contributed by atoms with Crippen molar-refractivity contribution in [3.8, 4) is 22.6 Å². The lowest BCUT2D eigenvalue weighted by Crippen LogP contribution is -1.93. The van der Waals surface area contributed by atoms with Crippen molar-refractivity contribution in [2.45, 2.75) is 13.8 Å². The third kappa shape index (κ3) is 2.11. The van der Waals surface area contributed by atoms with Crippen LogP contribution in [0.4, 0.5) is 0 Å². The van der Waals surface area contributed by atoms with Gasteiger partial charge in [-0.1, -0.05) is 24.3 Å². The Kier molecular flexibility index (Phi) is 3.05. The Hall–Kier alpha value is -1.96. The van der Waals surface area contributed by atoms with E-state index in [-0.39, 0.29) is 5.75 Å². The first-order chi connectivity index (χ1) is 8.13. The number of phenols is 1. The zero-order valence-corrected chi connectivity index (χ0v) is 10.3. The van der Waals surface area contributed by atoms with Crippen LogP contribution >= 0.6 is 0 Å². The third-order valence-electron chi connectivity index (χ3n) is 3.04. The molecule has 0 radical (unpaired) electrons. The van der Waals surface area contributed by atoms with E-state index in [2.05, 4.69) is 13.0 Å². The van der Waals surface area contributed by atoms with Crippen LogP contribution in [0.5, 0.6) is 11.5 Å². The minimum Gasteiger partial charge on any atom is -0.508 e. The molecule has 1 N–H and O–H groups in total. The molecular weight excluding hydrogens is 212 g/mol. The number of aryl methyl sites for hydroxylation is 1. The summed E-state index contributed by atoms with van der Waals surface area (Å²) < 4.78 is 5.47. The van der Waals surface area contributed by atoms with E-state index >= 15 is 0 Å². The summed E-state index contributed by atoms with van der Waals surface area (Å²) in [6.45, 7) is 4.10. The topological polar surface area (TPSA) is 29.5 Å². The molecule has 2 aromatic rings. The highest BCUT2D eigenvalue weighted by molar-refractivity contribution is 5.73. The van der Waals surface area contributed by atoms with E-state index < -0.39 is 0 Å². The Labute approximate surface area is 101 Å². The van der Waals surface area contributed by atoms with Gasteiger partial charge in [0.25, 0.3) is 0 Å². The quantitative estimate of drug-likeness (QED) is 0.849. The monoisotopic (exact) mass is 228 g/mol. The van der Waals surface area contributed by atoms with E-state index in [9.17, 15) is 5.11 Å². The van der Waals surface area contributed by atoms with Gasteiger partial charge in [-0.3, -0.25) is 0 Å². The Morgan fingerprint density at radius 1 is 1.06 bits per heavy atom. The van der Waals surface area contributed by atoms with Crippen molar-refractivity contribution in [2.24, 2.45) is 0 Å². The molecule has 0 unspecified atom stereocenters. The van der Waals surface area contributed by atoms with Crippen LogP contribution in [-0.2, 0) is 0 Å². The molecule has 88 valence electrons. The van der Waals surface area contributed by atoms with E-state index in [1.54, 1.807) is 19.2 Å². The van der Waals surface area contributed by atoms with Crippen LogP contribution < -0.4 is 4.74 Å². The van der Waals surface area contributed by atoms with Crippen molar-refractivity contribution >= 4 is 0 Å². The lowest BCUT2D eigenvalue weighted by Gasteiger charge is -2.13. The second-order valence-corrected chi connectivity index (χ2v) is 4.14. The van der Waals surface area contributed by atoms with Crippen molar-refractivity contribution in [3.63, 3.8) is 0 Å². The van der Waals surface area contributed by atoms with Crippen LogP contribution in [0.3, 0.4) is 0 Å². The van der Waals surface area contributed by atoms with Gasteiger partial charge in [-0.2, -0.15) is 0 Å². The second kappa shape index (κ2) is 4.50. The van der Waals surface area contributed by atoms with Crippen LogP contribution in [0.25, 0.3) is 11.1 Å². The number of ether oxygens (including phenoxy) is 1. The number of phenolic OH excluding ortho intramolecular Hbond substituents is 1. The fraction of sp³-hybridized carbons (Fsp3) is 0.200. The van der Waals surface area contributed by atoms with Crippen LogP contribution in [0.15, 0.2) is 36.4 Å². The molecule has 0 bridgehead atoms. The van der Waals surface area contributed by atoms with Crippen molar-refractivity contribution in [1.82, 2.24) is 0 Å². The highest BCUT2D eigenvalue weighted by Gasteiger charge is 2.10. The summed E-state index contributed by atoms with van der Waals surface area (Å²) in [4.78, 5) is 0. The molecule has 2 nitrogen and oxygen atoms in total. The molecular formula is C15H16O2. The van der Waals surface area contributed by atoms with E-state index in [4.69, 9.17) is 4.74 Å². The summed E-state index contributed by atoms with van der Waals surface area (Å²) in [5, 5.41) is 9.52. The summed E-state index contributed by atoms with van der Waals surface area (Å²) in [7, 11) is 1.67. The number of aromatic hydroxyl groups is 1. The molecule has 0 spiro atoms. The summed E-state index contributed by atoms with van der Waals surface area (Å²) in [5.74, 6) is 1.14. The van der Waals surface area contributed by atoms with E-state index in [0.717, 1.165) is 22.4 Å². The van der Waals surface area contributed by atoms with Gasteiger partial charge in [0, 0.05) is 5.56 Å². The average molecular weight is 228 g/mol. The van der Waals surface area contributed by atoms with E-state index in [1.165, 1.54) is 5.56 Å². The Bertz CT molecular complexity index is 545. The molecule has 0 aliphatic rings. The number of hydrogen-bond acceptors (Lipinski definition) is 2. The van der Waals surface area contributed by atoms with Gasteiger partial charge < -0.3 is 9.84 Å². The van der Waals surface area contributed by atoms with Crippen molar-refractivity contribution < 1.29 is 9.84 Å². The maximum Gasteiger partial charge on any atom is 0.129 e.